The van der Waals surface area contributed by atoms with Crippen LogP contribution in [0, 0.1) is 0 Å². The highest BCUT2D eigenvalue weighted by Gasteiger charge is 2.47. The van der Waals surface area contributed by atoms with Crippen molar-refractivity contribution in [3.8, 4) is 0 Å². The van der Waals surface area contributed by atoms with Gasteiger partial charge in [0.05, 0.1) is 6.61 Å². The molecule has 1 aliphatic rings. The summed E-state index contributed by atoms with van der Waals surface area (Å²) in [6.07, 6.45) is 34.0. The van der Waals surface area contributed by atoms with Crippen molar-refractivity contribution >= 4 is 17.9 Å². The minimum atomic E-state index is -1.86. The second kappa shape index (κ2) is 39.8. The van der Waals surface area contributed by atoms with Crippen LogP contribution in [0.3, 0.4) is 0 Å². The minimum Gasteiger partial charge on any atom is -0.479 e. The molecule has 4 N–H and O–H groups in total. The first-order valence-electron chi connectivity index (χ1n) is 24.7. The number of hydrogen-bond donors (Lipinski definition) is 4. The number of carbonyl (C=O) groups is 3. The second-order valence-electron chi connectivity index (χ2n) is 17.3. The van der Waals surface area contributed by atoms with E-state index in [1.54, 1.807) is 0 Å². The molecule has 0 bridgehead atoms. The van der Waals surface area contributed by atoms with Crippen molar-refractivity contribution in [1.82, 2.24) is 0 Å². The van der Waals surface area contributed by atoms with Crippen LogP contribution >= 0.6 is 0 Å². The Labute approximate surface area is 365 Å². The van der Waals surface area contributed by atoms with Gasteiger partial charge in [-0.05, 0) is 38.5 Å². The lowest BCUT2D eigenvalue weighted by molar-refractivity contribution is -0.298. The Balaban J connectivity index is 2.31. The smallest absolute Gasteiger partial charge is 0.335 e. The van der Waals surface area contributed by atoms with Crippen molar-refractivity contribution in [1.29, 1.82) is 0 Å². The lowest BCUT2D eigenvalue weighted by Gasteiger charge is -2.38. The molecule has 6 unspecified atom stereocenters. The van der Waals surface area contributed by atoms with Gasteiger partial charge in [0, 0.05) is 12.8 Å². The number of aliphatic hydroxyl groups is 3. The fourth-order valence-corrected chi connectivity index (χ4v) is 7.70. The normalized spacial score (nSPS) is 19.8. The Morgan fingerprint density at radius 3 is 1.30 bits per heavy atom. The van der Waals surface area contributed by atoms with Crippen LogP contribution in [0.1, 0.15) is 232 Å². The maximum Gasteiger partial charge on any atom is 0.335 e. The van der Waals surface area contributed by atoms with Gasteiger partial charge in [0.1, 0.15) is 24.9 Å². The van der Waals surface area contributed by atoms with Crippen LogP contribution < -0.4 is 0 Å². The van der Waals surface area contributed by atoms with E-state index in [-0.39, 0.29) is 26.1 Å². The van der Waals surface area contributed by atoms with Crippen LogP contribution in [0.2, 0.25) is 0 Å². The molecule has 0 aliphatic carbocycles. The van der Waals surface area contributed by atoms with Gasteiger partial charge < -0.3 is 39.4 Å². The average molecular weight is 855 g/mol. The summed E-state index contributed by atoms with van der Waals surface area (Å²) in [5.74, 6) is -2.44. The average Bonchev–Trinajstić information content (AvgIpc) is 3.23. The Morgan fingerprint density at radius 1 is 0.500 bits per heavy atom. The fourth-order valence-electron chi connectivity index (χ4n) is 7.70. The molecule has 0 aromatic rings. The van der Waals surface area contributed by atoms with Crippen LogP contribution in [-0.2, 0) is 33.3 Å². The highest BCUT2D eigenvalue weighted by molar-refractivity contribution is 5.73. The lowest BCUT2D eigenvalue weighted by atomic mass is 9.99. The molecule has 0 amide bonds. The van der Waals surface area contributed by atoms with E-state index < -0.39 is 54.7 Å². The second-order valence-corrected chi connectivity index (χ2v) is 17.3. The maximum absolute atomic E-state index is 12.8. The first-order chi connectivity index (χ1) is 29.2. The predicted molar refractivity (Wildman–Crippen MR) is 239 cm³/mol. The molecule has 0 aromatic carbocycles. The molecule has 1 heterocycles. The molecular formula is C49H90O11. The van der Waals surface area contributed by atoms with Crippen LogP contribution in [0.15, 0.2) is 12.2 Å². The SMILES string of the molecule is CCCCCCCC/C=C\CCCCCCCC(=O)OCC(COC1OC(C(=O)O)C(O)C(O)C1O)OC(=O)CCCCCCCCCCCCCCCCCCCCC. The number of hydrogen-bond acceptors (Lipinski definition) is 10. The van der Waals surface area contributed by atoms with E-state index in [9.17, 15) is 34.8 Å². The Hall–Kier alpha value is -2.05. The summed E-state index contributed by atoms with van der Waals surface area (Å²) in [7, 11) is 0. The van der Waals surface area contributed by atoms with Gasteiger partial charge in [0.15, 0.2) is 18.5 Å². The van der Waals surface area contributed by atoms with E-state index in [0.717, 1.165) is 57.8 Å². The third-order valence-electron chi connectivity index (χ3n) is 11.6. The summed E-state index contributed by atoms with van der Waals surface area (Å²) in [6.45, 7) is 3.83. The molecule has 60 heavy (non-hydrogen) atoms. The number of rotatable bonds is 42. The number of esters is 2. The van der Waals surface area contributed by atoms with E-state index in [1.807, 2.05) is 0 Å². The first-order valence-corrected chi connectivity index (χ1v) is 24.7. The van der Waals surface area contributed by atoms with E-state index in [1.165, 1.54) is 135 Å². The van der Waals surface area contributed by atoms with E-state index in [0.29, 0.717) is 12.8 Å². The zero-order valence-corrected chi connectivity index (χ0v) is 38.2. The molecular weight excluding hydrogens is 765 g/mol. The monoisotopic (exact) mass is 855 g/mol. The molecule has 1 aliphatic heterocycles. The number of carboxylic acids is 1. The number of allylic oxidation sites excluding steroid dienone is 2. The van der Waals surface area contributed by atoms with Gasteiger partial charge in [-0.1, -0.05) is 193 Å². The number of carboxylic acid groups (broad SMARTS) is 1. The molecule has 1 saturated heterocycles. The van der Waals surface area contributed by atoms with E-state index in [2.05, 4.69) is 26.0 Å². The maximum atomic E-state index is 12.8. The number of aliphatic carboxylic acids is 1. The van der Waals surface area contributed by atoms with Gasteiger partial charge in [0.2, 0.25) is 0 Å². The lowest BCUT2D eigenvalue weighted by Crippen LogP contribution is -2.60. The van der Waals surface area contributed by atoms with Crippen molar-refractivity contribution in [3.63, 3.8) is 0 Å². The van der Waals surface area contributed by atoms with Gasteiger partial charge in [-0.15, -0.1) is 0 Å². The molecule has 0 aromatic heterocycles. The van der Waals surface area contributed by atoms with Crippen LogP contribution in [0.5, 0.6) is 0 Å². The topological polar surface area (TPSA) is 169 Å². The molecule has 1 fully saturated rings. The Bertz CT molecular complexity index is 1050. The van der Waals surface area contributed by atoms with Crippen molar-refractivity contribution in [2.24, 2.45) is 0 Å². The Morgan fingerprint density at radius 2 is 0.883 bits per heavy atom. The van der Waals surface area contributed by atoms with Crippen LogP contribution in [-0.4, -0.2) is 88.4 Å². The number of carbonyl (C=O) groups excluding carboxylic acids is 2. The van der Waals surface area contributed by atoms with Crippen molar-refractivity contribution in [2.45, 2.75) is 269 Å². The highest BCUT2D eigenvalue weighted by Crippen LogP contribution is 2.23. The summed E-state index contributed by atoms with van der Waals surface area (Å²) >= 11 is 0. The summed E-state index contributed by atoms with van der Waals surface area (Å²) in [4.78, 5) is 36.9. The third kappa shape index (κ3) is 30.9. The first kappa shape index (κ1) is 56.0. The molecule has 6 atom stereocenters. The number of ether oxygens (including phenoxy) is 4. The standard InChI is InChI=1S/C49H90O11/c1-3-5-7-9-11-13-15-17-19-20-21-22-24-26-28-30-32-34-36-38-43(51)59-41(40-58-49-46(54)44(52)45(53)47(60-49)48(55)56)39-57-42(50)37-35-33-31-29-27-25-23-18-16-14-12-10-8-6-4-2/h18,23,41,44-47,49,52-54H,3-17,19-22,24-40H2,1-2H3,(H,55,56)/b23-18-. The van der Waals surface area contributed by atoms with Crippen LogP contribution in [0.4, 0.5) is 0 Å². The summed E-state index contributed by atoms with van der Waals surface area (Å²) in [5, 5.41) is 39.9. The van der Waals surface area contributed by atoms with E-state index >= 15 is 0 Å². The summed E-state index contributed by atoms with van der Waals surface area (Å²) in [5.41, 5.74) is 0. The number of unbranched alkanes of at least 4 members (excludes halogenated alkanes) is 29. The van der Waals surface area contributed by atoms with Crippen molar-refractivity contribution < 1.29 is 53.8 Å². The molecule has 0 radical (unpaired) electrons. The van der Waals surface area contributed by atoms with Gasteiger partial charge >= 0.3 is 17.9 Å². The van der Waals surface area contributed by atoms with Gasteiger partial charge in [0.25, 0.3) is 0 Å². The van der Waals surface area contributed by atoms with Gasteiger partial charge in [-0.3, -0.25) is 9.59 Å². The van der Waals surface area contributed by atoms with E-state index in [4.69, 9.17) is 18.9 Å². The molecule has 0 spiro atoms. The summed E-state index contributed by atoms with van der Waals surface area (Å²) in [6, 6.07) is 0. The highest BCUT2D eigenvalue weighted by atomic mass is 16.7. The molecule has 0 saturated carbocycles. The van der Waals surface area contributed by atoms with Crippen molar-refractivity contribution in [3.05, 3.63) is 12.2 Å². The number of aliphatic hydroxyl groups excluding tert-OH is 3. The summed E-state index contributed by atoms with van der Waals surface area (Å²) < 4.78 is 21.8. The third-order valence-corrected chi connectivity index (χ3v) is 11.6. The predicted octanol–water partition coefficient (Wildman–Crippen LogP) is 11.2. The largest absolute Gasteiger partial charge is 0.479 e. The fraction of sp³-hybridized carbons (Fsp3) is 0.898. The molecule has 11 heteroatoms. The minimum absolute atomic E-state index is 0.187. The molecule has 1 rings (SSSR count). The zero-order valence-electron chi connectivity index (χ0n) is 38.2. The van der Waals surface area contributed by atoms with Crippen LogP contribution in [0.25, 0.3) is 0 Å². The van der Waals surface area contributed by atoms with Crippen molar-refractivity contribution in [2.75, 3.05) is 13.2 Å². The van der Waals surface area contributed by atoms with Gasteiger partial charge in [-0.25, -0.2) is 4.79 Å². The Kier molecular flexibility index (Phi) is 37.1. The van der Waals surface area contributed by atoms with Gasteiger partial charge in [-0.2, -0.15) is 0 Å². The molecule has 352 valence electrons. The zero-order chi connectivity index (χ0) is 43.9. The molecule has 11 nitrogen and oxygen atoms in total. The quantitative estimate of drug-likeness (QED) is 0.0262.